The highest BCUT2D eigenvalue weighted by Gasteiger charge is 2.08. The molecule has 0 aliphatic carbocycles. The summed E-state index contributed by atoms with van der Waals surface area (Å²) in [4.78, 5) is 10.3. The predicted molar refractivity (Wildman–Crippen MR) is 82.2 cm³/mol. The summed E-state index contributed by atoms with van der Waals surface area (Å²) in [6, 6.07) is 3.66. The normalized spacial score (nSPS) is 10.0. The van der Waals surface area contributed by atoms with Crippen LogP contribution in [-0.2, 0) is 0 Å². The number of aliphatic hydroxyl groups is 1. The predicted octanol–water partition coefficient (Wildman–Crippen LogP) is 0.693. The van der Waals surface area contributed by atoms with Crippen LogP contribution in [0, 0.1) is 0 Å². The molecule has 20 heavy (non-hydrogen) atoms. The average Bonchev–Trinajstić information content (AvgIpc) is 2.29. The van der Waals surface area contributed by atoms with Crippen LogP contribution in [0.1, 0.15) is 17.3 Å². The number of nitrogen functional groups attached to an aromatic ring is 1. The zero-order valence-electron chi connectivity index (χ0n) is 12.0. The summed E-state index contributed by atoms with van der Waals surface area (Å²) in [5, 5.41) is 27.8. The van der Waals surface area contributed by atoms with Crippen LogP contribution < -0.4 is 10.8 Å². The van der Waals surface area contributed by atoms with Crippen LogP contribution in [0.2, 0.25) is 0 Å². The summed E-state index contributed by atoms with van der Waals surface area (Å²) in [6.45, 7) is 4.35. The largest absolute Gasteiger partial charge is 0.872 e. The Bertz CT molecular complexity index is 425. The lowest BCUT2D eigenvalue weighted by Gasteiger charge is -2.26. The van der Waals surface area contributed by atoms with E-state index in [1.165, 1.54) is 12.1 Å². The number of quaternary nitrogens is 1. The number of likely N-dealkylation sites (N-methyl/N-ethyl adjacent to an activating group) is 1. The molecule has 0 aliphatic rings. The van der Waals surface area contributed by atoms with Gasteiger partial charge in [-0.15, -0.1) is 17.0 Å². The molecule has 0 unspecified atom stereocenters. The van der Waals surface area contributed by atoms with Gasteiger partial charge in [-0.2, -0.15) is 0 Å². The lowest BCUT2D eigenvalue weighted by molar-refractivity contribution is -0.888. The minimum absolute atomic E-state index is 0. The fraction of sp³-hybridized carbons (Fsp3) is 0.462. The maximum Gasteiger partial charge on any atom is 0.335 e. The minimum Gasteiger partial charge on any atom is -0.872 e. The van der Waals surface area contributed by atoms with Gasteiger partial charge in [-0.05, 0) is 25.1 Å². The number of hydrogen-bond donors (Lipinski definition) is 3. The first-order valence-corrected chi connectivity index (χ1v) is 5.96. The number of carboxylic acid groups (broad SMARTS) is 1. The molecule has 0 radical (unpaired) electrons. The van der Waals surface area contributed by atoms with Gasteiger partial charge < -0.3 is 25.5 Å². The van der Waals surface area contributed by atoms with E-state index in [4.69, 9.17) is 15.9 Å². The molecule has 0 saturated carbocycles. The third-order valence-electron chi connectivity index (χ3n) is 2.80. The van der Waals surface area contributed by atoms with Crippen molar-refractivity contribution < 1.29 is 24.6 Å². The number of aromatic carboxylic acids is 1. The van der Waals surface area contributed by atoms with E-state index in [0.717, 1.165) is 23.6 Å². The van der Waals surface area contributed by atoms with E-state index in [-0.39, 0.29) is 28.2 Å². The van der Waals surface area contributed by atoms with Crippen molar-refractivity contribution >= 4 is 28.6 Å². The topological polar surface area (TPSA) is 107 Å². The summed E-state index contributed by atoms with van der Waals surface area (Å²) in [6.07, 6.45) is 0. The van der Waals surface area contributed by atoms with Gasteiger partial charge in [0.2, 0.25) is 0 Å². The Morgan fingerprint density at radius 1 is 1.40 bits per heavy atom. The highest BCUT2D eigenvalue weighted by atomic mass is 79.9. The highest BCUT2D eigenvalue weighted by Crippen LogP contribution is 2.16. The molecule has 0 heterocycles. The number of nitrogens with zero attached hydrogens (tertiary/aromatic N) is 1. The van der Waals surface area contributed by atoms with Gasteiger partial charge in [-0.3, -0.25) is 0 Å². The van der Waals surface area contributed by atoms with E-state index in [0.29, 0.717) is 6.61 Å². The summed E-state index contributed by atoms with van der Waals surface area (Å²) < 4.78 is 0.913. The molecule has 0 aliphatic heterocycles. The Morgan fingerprint density at radius 2 is 1.95 bits per heavy atom. The van der Waals surface area contributed by atoms with Crippen LogP contribution in [0.5, 0.6) is 5.75 Å². The van der Waals surface area contributed by atoms with Gasteiger partial charge in [-0.25, -0.2) is 4.79 Å². The molecule has 7 heteroatoms. The van der Waals surface area contributed by atoms with Crippen LogP contribution in [0.4, 0.5) is 5.69 Å². The number of halogens is 1. The maximum absolute atomic E-state index is 10.8. The van der Waals surface area contributed by atoms with Crippen LogP contribution in [-0.4, -0.2) is 54.5 Å². The van der Waals surface area contributed by atoms with Gasteiger partial charge >= 0.3 is 5.97 Å². The van der Waals surface area contributed by atoms with Gasteiger partial charge in [-0.1, -0.05) is 5.75 Å². The number of anilines is 1. The van der Waals surface area contributed by atoms with Crippen molar-refractivity contribution in [2.75, 3.05) is 39.5 Å². The Morgan fingerprint density at radius 3 is 2.25 bits per heavy atom. The standard InChI is InChI=1S/C7H7NO3.C6H16NO.BrH/c8-4-1-2-5(7(10)11)6(9)3-4;1-4-7(2,3)5-6-8;/h1-3,9H,8H2,(H,10,11);8H,4-6H2,1-3H3;1H/q;+1;/p-1. The van der Waals surface area contributed by atoms with Gasteiger partial charge in [0.05, 0.1) is 32.8 Å². The smallest absolute Gasteiger partial charge is 0.335 e. The summed E-state index contributed by atoms with van der Waals surface area (Å²) in [5.41, 5.74) is 5.26. The second kappa shape index (κ2) is 9.57. The molecular formula is C13H23BrN2O4. The van der Waals surface area contributed by atoms with E-state index in [1.54, 1.807) is 0 Å². The molecule has 1 aromatic carbocycles. The van der Waals surface area contributed by atoms with Crippen molar-refractivity contribution in [3.8, 4) is 5.75 Å². The lowest BCUT2D eigenvalue weighted by Crippen LogP contribution is -2.41. The van der Waals surface area contributed by atoms with Crippen molar-refractivity contribution in [2.45, 2.75) is 6.92 Å². The molecule has 0 spiro atoms. The monoisotopic (exact) mass is 350 g/mol. The van der Waals surface area contributed by atoms with Gasteiger partial charge in [0.25, 0.3) is 0 Å². The zero-order valence-corrected chi connectivity index (χ0v) is 13.7. The fourth-order valence-electron chi connectivity index (χ4n) is 1.14. The van der Waals surface area contributed by atoms with Crippen LogP contribution in [0.3, 0.4) is 0 Å². The third-order valence-corrected chi connectivity index (χ3v) is 2.80. The number of rotatable bonds is 4. The molecule has 1 aromatic rings. The summed E-state index contributed by atoms with van der Waals surface area (Å²) >= 11 is 0. The number of aliphatic hydroxyl groups excluding tert-OH is 1. The molecule has 6 nitrogen and oxygen atoms in total. The molecule has 0 amide bonds. The third kappa shape index (κ3) is 7.98. The van der Waals surface area contributed by atoms with Crippen molar-refractivity contribution in [1.82, 2.24) is 0 Å². The lowest BCUT2D eigenvalue weighted by atomic mass is 10.2. The van der Waals surface area contributed by atoms with E-state index in [9.17, 15) is 9.90 Å². The molecule has 116 valence electrons. The van der Waals surface area contributed by atoms with E-state index >= 15 is 0 Å². The van der Waals surface area contributed by atoms with Crippen molar-refractivity contribution in [3.05, 3.63) is 23.8 Å². The summed E-state index contributed by atoms with van der Waals surface area (Å²) in [5.74, 6) is -1.78. The number of carboxylic acids is 1. The number of carbonyl (C=O) groups is 1. The SMILES string of the molecule is Br.CC[N+](C)(C)CCO.Nc1ccc(C(=O)O)c([O-])c1. The quantitative estimate of drug-likeness (QED) is 0.547. The first-order valence-electron chi connectivity index (χ1n) is 5.96. The molecule has 0 saturated heterocycles. The van der Waals surface area contributed by atoms with Gasteiger partial charge in [0.15, 0.2) is 0 Å². The van der Waals surface area contributed by atoms with Crippen molar-refractivity contribution in [2.24, 2.45) is 0 Å². The Hall–Kier alpha value is -1.31. The average molecular weight is 351 g/mol. The van der Waals surface area contributed by atoms with Crippen LogP contribution >= 0.6 is 17.0 Å². The molecule has 0 aromatic heterocycles. The zero-order chi connectivity index (χ0) is 15.1. The summed E-state index contributed by atoms with van der Waals surface area (Å²) in [7, 11) is 4.21. The Labute approximate surface area is 129 Å². The molecule has 4 N–H and O–H groups in total. The van der Waals surface area contributed by atoms with Gasteiger partial charge in [0.1, 0.15) is 6.54 Å². The maximum atomic E-state index is 10.8. The van der Waals surface area contributed by atoms with Crippen LogP contribution in [0.25, 0.3) is 0 Å². The Balaban J connectivity index is 0. The minimum atomic E-state index is -1.23. The molecule has 0 fully saturated rings. The molecule has 1 rings (SSSR count). The first-order chi connectivity index (χ1) is 8.73. The second-order valence-corrected chi connectivity index (χ2v) is 4.76. The number of nitrogens with two attached hydrogens (primary N) is 1. The Kier molecular flexibility index (Phi) is 10.0. The molecular weight excluding hydrogens is 328 g/mol. The molecule has 0 bridgehead atoms. The number of benzene rings is 1. The van der Waals surface area contributed by atoms with E-state index in [1.807, 2.05) is 0 Å². The number of hydrogen-bond acceptors (Lipinski definition) is 4. The van der Waals surface area contributed by atoms with E-state index in [2.05, 4.69) is 21.0 Å². The van der Waals surface area contributed by atoms with Crippen molar-refractivity contribution in [3.63, 3.8) is 0 Å². The van der Waals surface area contributed by atoms with Crippen LogP contribution in [0.15, 0.2) is 18.2 Å². The molecule has 0 atom stereocenters. The second-order valence-electron chi connectivity index (χ2n) is 4.76. The van der Waals surface area contributed by atoms with Crippen molar-refractivity contribution in [1.29, 1.82) is 0 Å². The van der Waals surface area contributed by atoms with Gasteiger partial charge in [0, 0.05) is 5.69 Å². The fourth-order valence-corrected chi connectivity index (χ4v) is 1.14. The first kappa shape index (κ1) is 21.0. The highest BCUT2D eigenvalue weighted by molar-refractivity contribution is 8.93. The van der Waals surface area contributed by atoms with E-state index < -0.39 is 11.7 Å².